The van der Waals surface area contributed by atoms with Gasteiger partial charge in [0.15, 0.2) is 0 Å². The van der Waals surface area contributed by atoms with Crippen LogP contribution in [0.2, 0.25) is 0 Å². The lowest BCUT2D eigenvalue weighted by molar-refractivity contribution is 0.0523. The number of ether oxygens (including phenoxy) is 1. The topological polar surface area (TPSA) is 112 Å². The molecule has 0 aliphatic heterocycles. The zero-order chi connectivity index (χ0) is 20.3. The van der Waals surface area contributed by atoms with Crippen LogP contribution < -0.4 is 5.32 Å². The van der Waals surface area contributed by atoms with Crippen molar-refractivity contribution in [3.05, 3.63) is 59.2 Å². The molecule has 2 rings (SSSR count). The number of aryl methyl sites for hydroxylation is 1. The zero-order valence-corrected chi connectivity index (χ0v) is 16.0. The van der Waals surface area contributed by atoms with E-state index in [1.165, 1.54) is 6.20 Å². The second-order valence-electron chi connectivity index (χ2n) is 6.53. The number of carbonyl (C=O) groups is 1. The van der Waals surface area contributed by atoms with E-state index in [4.69, 9.17) is 15.3 Å². The number of hydrogen-bond donors (Lipinski definition) is 1. The Morgan fingerprint density at radius 1 is 1.07 bits per heavy atom. The highest BCUT2D eigenvalue weighted by Gasteiger charge is 2.15. The minimum absolute atomic E-state index is 0.312. The van der Waals surface area contributed by atoms with E-state index in [9.17, 15) is 4.79 Å². The second kappa shape index (κ2) is 10.5. The molecular formula is C20H23N5O2. The van der Waals surface area contributed by atoms with Crippen molar-refractivity contribution in [3.8, 4) is 12.1 Å². The van der Waals surface area contributed by atoms with Gasteiger partial charge in [0.25, 0.3) is 0 Å². The van der Waals surface area contributed by atoms with Crippen LogP contribution in [0, 0.1) is 22.7 Å². The molecule has 0 saturated carbocycles. The van der Waals surface area contributed by atoms with Gasteiger partial charge in [-0.1, -0.05) is 6.92 Å². The molecule has 7 nitrogen and oxygen atoms in total. The minimum atomic E-state index is -0.514. The van der Waals surface area contributed by atoms with Gasteiger partial charge in [-0.05, 0) is 62.6 Å². The van der Waals surface area contributed by atoms with E-state index >= 15 is 0 Å². The highest BCUT2D eigenvalue weighted by atomic mass is 16.6. The fourth-order valence-corrected chi connectivity index (χ4v) is 1.89. The lowest BCUT2D eigenvalue weighted by atomic mass is 10.2. The van der Waals surface area contributed by atoms with Crippen molar-refractivity contribution < 1.29 is 9.53 Å². The first kappa shape index (κ1) is 21.6. The second-order valence-corrected chi connectivity index (χ2v) is 6.53. The number of amides is 1. The molecule has 0 bridgehead atoms. The molecule has 0 unspecified atom stereocenters. The number of aromatic nitrogens is 2. The molecule has 0 fully saturated rings. The molecule has 0 spiro atoms. The highest BCUT2D eigenvalue weighted by Crippen LogP contribution is 2.07. The molecule has 2 heterocycles. The quantitative estimate of drug-likeness (QED) is 0.891. The van der Waals surface area contributed by atoms with Crippen LogP contribution in [0.25, 0.3) is 0 Å². The number of nitriles is 2. The summed E-state index contributed by atoms with van der Waals surface area (Å²) in [6, 6.07) is 11.0. The van der Waals surface area contributed by atoms with Gasteiger partial charge in [-0.15, -0.1) is 0 Å². The molecule has 0 atom stereocenters. The summed E-state index contributed by atoms with van der Waals surface area (Å²) in [6.45, 7) is 7.76. The summed E-state index contributed by atoms with van der Waals surface area (Å²) in [7, 11) is 0. The Morgan fingerprint density at radius 2 is 1.59 bits per heavy atom. The monoisotopic (exact) mass is 365 g/mol. The molecule has 0 saturated heterocycles. The van der Waals surface area contributed by atoms with Gasteiger partial charge in [0.2, 0.25) is 0 Å². The van der Waals surface area contributed by atoms with Crippen LogP contribution in [0.5, 0.6) is 0 Å². The van der Waals surface area contributed by atoms with Crippen molar-refractivity contribution in [2.24, 2.45) is 0 Å². The van der Waals surface area contributed by atoms with E-state index < -0.39 is 11.7 Å². The summed E-state index contributed by atoms with van der Waals surface area (Å²) in [5.74, 6) is 0. The van der Waals surface area contributed by atoms with Crippen LogP contribution in [0.1, 0.15) is 50.2 Å². The van der Waals surface area contributed by atoms with Gasteiger partial charge < -0.3 is 10.1 Å². The molecule has 0 aliphatic rings. The van der Waals surface area contributed by atoms with Crippen LogP contribution >= 0.6 is 0 Å². The summed E-state index contributed by atoms with van der Waals surface area (Å²) in [4.78, 5) is 19.1. The first-order chi connectivity index (χ1) is 12.8. The van der Waals surface area contributed by atoms with Crippen molar-refractivity contribution in [2.45, 2.75) is 46.3 Å². The normalized spacial score (nSPS) is 9.85. The molecule has 0 aliphatic carbocycles. The van der Waals surface area contributed by atoms with Crippen molar-refractivity contribution >= 4 is 6.09 Å². The molecule has 27 heavy (non-hydrogen) atoms. The molecule has 1 amide bonds. The predicted molar refractivity (Wildman–Crippen MR) is 100 cm³/mol. The summed E-state index contributed by atoms with van der Waals surface area (Å²) >= 11 is 0. The molecule has 2 aromatic heterocycles. The zero-order valence-electron chi connectivity index (χ0n) is 16.0. The van der Waals surface area contributed by atoms with Crippen LogP contribution in [-0.4, -0.2) is 21.7 Å². The lowest BCUT2D eigenvalue weighted by Gasteiger charge is -2.19. The maximum Gasteiger partial charge on any atom is 0.407 e. The van der Waals surface area contributed by atoms with Crippen LogP contribution in [0.4, 0.5) is 4.79 Å². The summed E-state index contributed by atoms with van der Waals surface area (Å²) in [6.07, 6.45) is 3.67. The predicted octanol–water partition coefficient (Wildman–Crippen LogP) is 3.49. The van der Waals surface area contributed by atoms with E-state index in [1.54, 1.807) is 45.2 Å². The van der Waals surface area contributed by atoms with E-state index in [0.29, 0.717) is 17.9 Å². The van der Waals surface area contributed by atoms with Crippen molar-refractivity contribution in [3.63, 3.8) is 0 Å². The maximum atomic E-state index is 11.4. The third kappa shape index (κ3) is 8.99. The first-order valence-corrected chi connectivity index (χ1v) is 8.44. The van der Waals surface area contributed by atoms with Gasteiger partial charge in [0.05, 0.1) is 0 Å². The SMILES string of the molecule is CC(C)(C)OC(=O)NCc1ccnc(C#N)c1.CCc1ccnc(C#N)c1. The van der Waals surface area contributed by atoms with Crippen LogP contribution in [-0.2, 0) is 17.7 Å². The van der Waals surface area contributed by atoms with E-state index in [2.05, 4.69) is 22.2 Å². The fourth-order valence-electron chi connectivity index (χ4n) is 1.89. The smallest absolute Gasteiger partial charge is 0.407 e. The maximum absolute atomic E-state index is 11.4. The van der Waals surface area contributed by atoms with Gasteiger partial charge in [0.1, 0.15) is 29.1 Å². The third-order valence-electron chi connectivity index (χ3n) is 3.12. The summed E-state index contributed by atoms with van der Waals surface area (Å²) < 4.78 is 5.09. The Hall–Kier alpha value is -3.45. The molecule has 2 aromatic rings. The number of pyridine rings is 2. The average Bonchev–Trinajstić information content (AvgIpc) is 2.65. The average molecular weight is 365 g/mol. The molecule has 0 aromatic carbocycles. The molecule has 7 heteroatoms. The minimum Gasteiger partial charge on any atom is -0.444 e. The number of nitrogens with one attached hydrogen (secondary N) is 1. The Morgan fingerprint density at radius 3 is 2.07 bits per heavy atom. The van der Waals surface area contributed by atoms with Crippen molar-refractivity contribution in [1.29, 1.82) is 10.5 Å². The van der Waals surface area contributed by atoms with Gasteiger partial charge in [-0.2, -0.15) is 10.5 Å². The van der Waals surface area contributed by atoms with Gasteiger partial charge in [-0.3, -0.25) is 0 Å². The van der Waals surface area contributed by atoms with Gasteiger partial charge in [-0.25, -0.2) is 14.8 Å². The largest absolute Gasteiger partial charge is 0.444 e. The van der Waals surface area contributed by atoms with E-state index in [0.717, 1.165) is 17.5 Å². The molecule has 140 valence electrons. The van der Waals surface area contributed by atoms with E-state index in [-0.39, 0.29) is 0 Å². The number of nitrogens with zero attached hydrogens (tertiary/aromatic N) is 4. The number of carbonyl (C=O) groups excluding carboxylic acids is 1. The Kier molecular flexibility index (Phi) is 8.41. The molecule has 1 N–H and O–H groups in total. The first-order valence-electron chi connectivity index (χ1n) is 8.44. The molecule has 0 radical (unpaired) electrons. The Labute approximate surface area is 159 Å². The number of alkyl carbamates (subject to hydrolysis) is 1. The van der Waals surface area contributed by atoms with E-state index in [1.807, 2.05) is 18.2 Å². The Bertz CT molecular complexity index is 844. The highest BCUT2D eigenvalue weighted by molar-refractivity contribution is 5.67. The van der Waals surface area contributed by atoms with Crippen molar-refractivity contribution in [1.82, 2.24) is 15.3 Å². The number of hydrogen-bond acceptors (Lipinski definition) is 6. The fraction of sp³-hybridized carbons (Fsp3) is 0.350. The standard InChI is InChI=1S/C12H15N3O2.C8H8N2/c1-12(2,3)17-11(16)15-8-9-4-5-14-10(6-9)7-13;1-2-7-3-4-10-8(5-7)6-9/h4-6H,8H2,1-3H3,(H,15,16);3-5H,2H2,1H3. The Balaban J connectivity index is 0.000000309. The van der Waals surface area contributed by atoms with Crippen LogP contribution in [0.3, 0.4) is 0 Å². The third-order valence-corrected chi connectivity index (χ3v) is 3.12. The van der Waals surface area contributed by atoms with Crippen molar-refractivity contribution in [2.75, 3.05) is 0 Å². The summed E-state index contributed by atoms with van der Waals surface area (Å²) in [5.41, 5.74) is 2.28. The lowest BCUT2D eigenvalue weighted by Crippen LogP contribution is -2.32. The number of rotatable bonds is 3. The van der Waals surface area contributed by atoms with Crippen LogP contribution in [0.15, 0.2) is 36.7 Å². The van der Waals surface area contributed by atoms with Gasteiger partial charge in [0, 0.05) is 18.9 Å². The molecular weight excluding hydrogens is 342 g/mol. The van der Waals surface area contributed by atoms with Gasteiger partial charge >= 0.3 is 6.09 Å². The summed E-state index contributed by atoms with van der Waals surface area (Å²) in [5, 5.41) is 19.7.